The fraction of sp³-hybridized carbons (Fsp3) is 0.227. The predicted molar refractivity (Wildman–Crippen MR) is 108 cm³/mol. The van der Waals surface area contributed by atoms with E-state index in [1.807, 2.05) is 6.92 Å². The molecular weight excluding hydrogens is 371 g/mol. The van der Waals surface area contributed by atoms with Crippen LogP contribution in [0.15, 0.2) is 48.5 Å². The molecule has 2 aromatic carbocycles. The van der Waals surface area contributed by atoms with Gasteiger partial charge in [0.1, 0.15) is 5.82 Å². The van der Waals surface area contributed by atoms with Crippen LogP contribution in [0, 0.1) is 5.82 Å². The van der Waals surface area contributed by atoms with Crippen molar-refractivity contribution in [1.29, 1.82) is 0 Å². The van der Waals surface area contributed by atoms with Crippen molar-refractivity contribution in [3.05, 3.63) is 76.9 Å². The van der Waals surface area contributed by atoms with Crippen molar-refractivity contribution in [3.8, 4) is 5.69 Å². The third-order valence-electron chi connectivity index (χ3n) is 4.94. The van der Waals surface area contributed by atoms with E-state index in [0.717, 1.165) is 36.2 Å². The number of carbonyl (C=O) groups excluding carboxylic acids is 2. The highest BCUT2D eigenvalue weighted by Crippen LogP contribution is 2.28. The molecule has 0 spiro atoms. The van der Waals surface area contributed by atoms with Crippen molar-refractivity contribution >= 4 is 17.5 Å². The van der Waals surface area contributed by atoms with Crippen molar-refractivity contribution in [2.75, 3.05) is 11.9 Å². The van der Waals surface area contributed by atoms with Crippen molar-refractivity contribution in [2.24, 2.45) is 0 Å². The fourth-order valence-electron chi connectivity index (χ4n) is 3.61. The molecule has 2 amide bonds. The number of hydrogen-bond acceptors (Lipinski definition) is 3. The first-order chi connectivity index (χ1) is 14.1. The highest BCUT2D eigenvalue weighted by molar-refractivity contribution is 6.05. The fourth-order valence-corrected chi connectivity index (χ4v) is 3.61. The van der Waals surface area contributed by atoms with Crippen LogP contribution in [-0.4, -0.2) is 28.1 Å². The van der Waals surface area contributed by atoms with Crippen LogP contribution in [0.25, 0.3) is 5.69 Å². The van der Waals surface area contributed by atoms with E-state index >= 15 is 0 Å². The van der Waals surface area contributed by atoms with Gasteiger partial charge in [0.25, 0.3) is 11.8 Å². The second kappa shape index (κ2) is 7.87. The molecule has 0 radical (unpaired) electrons. The van der Waals surface area contributed by atoms with Gasteiger partial charge in [-0.1, -0.05) is 6.07 Å². The maximum absolute atomic E-state index is 13.3. The van der Waals surface area contributed by atoms with E-state index < -0.39 is 0 Å². The summed E-state index contributed by atoms with van der Waals surface area (Å²) in [4.78, 5) is 25.0. The molecular formula is C22H21FN4O2. The first-order valence-corrected chi connectivity index (χ1v) is 9.63. The van der Waals surface area contributed by atoms with Crippen LogP contribution < -0.4 is 10.6 Å². The summed E-state index contributed by atoms with van der Waals surface area (Å²) in [5, 5.41) is 10.1. The summed E-state index contributed by atoms with van der Waals surface area (Å²) in [6, 6.07) is 12.9. The molecule has 0 saturated carbocycles. The zero-order valence-corrected chi connectivity index (χ0v) is 16.0. The molecule has 0 aliphatic heterocycles. The summed E-state index contributed by atoms with van der Waals surface area (Å²) in [6.07, 6.45) is 2.54. The summed E-state index contributed by atoms with van der Waals surface area (Å²) >= 11 is 0. The molecule has 0 fully saturated rings. The molecule has 1 aliphatic rings. The Labute approximate surface area is 167 Å². The third-order valence-corrected chi connectivity index (χ3v) is 4.94. The molecule has 2 N–H and O–H groups in total. The molecule has 7 heteroatoms. The van der Waals surface area contributed by atoms with E-state index in [-0.39, 0.29) is 17.6 Å². The van der Waals surface area contributed by atoms with Gasteiger partial charge in [-0.3, -0.25) is 9.59 Å². The van der Waals surface area contributed by atoms with Crippen LogP contribution in [0.3, 0.4) is 0 Å². The highest BCUT2D eigenvalue weighted by atomic mass is 19.1. The SMILES string of the molecule is CCNC(=O)c1cccc(NC(=O)c2nn(-c3ccc(F)cc3)c3c2CCC3)c1. The number of amides is 2. The molecule has 0 atom stereocenters. The average Bonchev–Trinajstić information content (AvgIpc) is 3.32. The number of rotatable bonds is 5. The predicted octanol–water partition coefficient (Wildman–Crippen LogP) is 3.50. The Kier molecular flexibility index (Phi) is 5.12. The van der Waals surface area contributed by atoms with E-state index in [2.05, 4.69) is 15.7 Å². The quantitative estimate of drug-likeness (QED) is 0.698. The molecule has 0 unspecified atom stereocenters. The largest absolute Gasteiger partial charge is 0.352 e. The van der Waals surface area contributed by atoms with Gasteiger partial charge in [-0.15, -0.1) is 0 Å². The topological polar surface area (TPSA) is 76.0 Å². The maximum atomic E-state index is 13.3. The summed E-state index contributed by atoms with van der Waals surface area (Å²) < 4.78 is 15.0. The van der Waals surface area contributed by atoms with Gasteiger partial charge in [-0.05, 0) is 68.7 Å². The van der Waals surface area contributed by atoms with E-state index in [0.29, 0.717) is 23.5 Å². The molecule has 0 saturated heterocycles. The third kappa shape index (κ3) is 3.76. The van der Waals surface area contributed by atoms with Crippen LogP contribution in [0.5, 0.6) is 0 Å². The molecule has 6 nitrogen and oxygen atoms in total. The Morgan fingerprint density at radius 3 is 2.66 bits per heavy atom. The molecule has 4 rings (SSSR count). The standard InChI is InChI=1S/C22H21FN4O2/c1-2-24-21(28)14-5-3-6-16(13-14)25-22(29)20-18-7-4-8-19(18)27(26-20)17-11-9-15(23)10-12-17/h3,5-6,9-13H,2,4,7-8H2,1H3,(H,24,28)(H,25,29). The molecule has 29 heavy (non-hydrogen) atoms. The number of nitrogens with one attached hydrogen (secondary N) is 2. The monoisotopic (exact) mass is 392 g/mol. The molecule has 3 aromatic rings. The maximum Gasteiger partial charge on any atom is 0.276 e. The first kappa shape index (κ1) is 18.9. The van der Waals surface area contributed by atoms with E-state index in [9.17, 15) is 14.0 Å². The number of halogens is 1. The number of nitrogens with zero attached hydrogens (tertiary/aromatic N) is 2. The van der Waals surface area contributed by atoms with Gasteiger partial charge >= 0.3 is 0 Å². The number of carbonyl (C=O) groups is 2. The van der Waals surface area contributed by atoms with Gasteiger partial charge in [0, 0.05) is 29.1 Å². The Hall–Kier alpha value is -3.48. The van der Waals surface area contributed by atoms with Gasteiger partial charge in [-0.25, -0.2) is 9.07 Å². The van der Waals surface area contributed by atoms with E-state index in [1.54, 1.807) is 41.1 Å². The second-order valence-corrected chi connectivity index (χ2v) is 6.91. The lowest BCUT2D eigenvalue weighted by Gasteiger charge is -2.07. The van der Waals surface area contributed by atoms with Crippen LogP contribution in [0.4, 0.5) is 10.1 Å². The zero-order chi connectivity index (χ0) is 20.4. The van der Waals surface area contributed by atoms with Crippen LogP contribution >= 0.6 is 0 Å². The average molecular weight is 392 g/mol. The summed E-state index contributed by atoms with van der Waals surface area (Å²) in [5.41, 5.74) is 4.00. The van der Waals surface area contributed by atoms with E-state index in [1.165, 1.54) is 12.1 Å². The number of aromatic nitrogens is 2. The Morgan fingerprint density at radius 2 is 1.90 bits per heavy atom. The van der Waals surface area contributed by atoms with Gasteiger partial charge in [-0.2, -0.15) is 5.10 Å². The minimum absolute atomic E-state index is 0.190. The summed E-state index contributed by atoms with van der Waals surface area (Å²) in [7, 11) is 0. The molecule has 148 valence electrons. The Balaban J connectivity index is 1.62. The van der Waals surface area contributed by atoms with Crippen LogP contribution in [0.2, 0.25) is 0 Å². The first-order valence-electron chi connectivity index (χ1n) is 9.63. The normalized spacial score (nSPS) is 12.5. The lowest BCUT2D eigenvalue weighted by atomic mass is 10.1. The van der Waals surface area contributed by atoms with Gasteiger partial charge < -0.3 is 10.6 Å². The van der Waals surface area contributed by atoms with Crippen molar-refractivity contribution in [1.82, 2.24) is 15.1 Å². The number of anilines is 1. The molecule has 1 aliphatic carbocycles. The van der Waals surface area contributed by atoms with Crippen molar-refractivity contribution in [3.63, 3.8) is 0 Å². The van der Waals surface area contributed by atoms with Crippen LogP contribution in [-0.2, 0) is 12.8 Å². The number of benzene rings is 2. The van der Waals surface area contributed by atoms with Crippen molar-refractivity contribution < 1.29 is 14.0 Å². The summed E-state index contributed by atoms with van der Waals surface area (Å²) in [5.74, 6) is -0.829. The van der Waals surface area contributed by atoms with Gasteiger partial charge in [0.05, 0.1) is 5.69 Å². The van der Waals surface area contributed by atoms with E-state index in [4.69, 9.17) is 0 Å². The lowest BCUT2D eigenvalue weighted by molar-refractivity contribution is 0.0954. The summed E-state index contributed by atoms with van der Waals surface area (Å²) in [6.45, 7) is 2.38. The van der Waals surface area contributed by atoms with Crippen molar-refractivity contribution in [2.45, 2.75) is 26.2 Å². The second-order valence-electron chi connectivity index (χ2n) is 6.91. The Bertz CT molecular complexity index is 1070. The minimum atomic E-state index is -0.322. The van der Waals surface area contributed by atoms with Gasteiger partial charge in [0.2, 0.25) is 0 Å². The van der Waals surface area contributed by atoms with Crippen LogP contribution in [0.1, 0.15) is 45.4 Å². The molecule has 0 bridgehead atoms. The Morgan fingerprint density at radius 1 is 1.10 bits per heavy atom. The lowest BCUT2D eigenvalue weighted by Crippen LogP contribution is -2.23. The highest BCUT2D eigenvalue weighted by Gasteiger charge is 2.27. The number of hydrogen-bond donors (Lipinski definition) is 2. The molecule has 1 aromatic heterocycles. The minimum Gasteiger partial charge on any atom is -0.352 e. The number of fused-ring (bicyclic) bond motifs is 1. The molecule has 1 heterocycles. The van der Waals surface area contributed by atoms with Gasteiger partial charge in [0.15, 0.2) is 5.69 Å². The smallest absolute Gasteiger partial charge is 0.276 e. The zero-order valence-electron chi connectivity index (χ0n) is 16.0.